The molecule has 2 rings (SSSR count). The minimum absolute atomic E-state index is 0.156. The lowest BCUT2D eigenvalue weighted by molar-refractivity contribution is 0.505. The zero-order valence-electron chi connectivity index (χ0n) is 9.29. The van der Waals surface area contributed by atoms with Gasteiger partial charge in [-0.3, -0.25) is 11.3 Å². The number of hydrazine groups is 1. The van der Waals surface area contributed by atoms with E-state index in [1.807, 2.05) is 12.1 Å². The van der Waals surface area contributed by atoms with Crippen molar-refractivity contribution in [2.75, 3.05) is 0 Å². The van der Waals surface area contributed by atoms with E-state index in [-0.39, 0.29) is 11.9 Å². The van der Waals surface area contributed by atoms with E-state index in [4.69, 9.17) is 10.3 Å². The average molecular weight is 378 g/mol. The van der Waals surface area contributed by atoms with Crippen LogP contribution in [-0.2, 0) is 6.42 Å². The summed E-state index contributed by atoms with van der Waals surface area (Å²) in [6, 6.07) is 6.60. The molecule has 0 saturated carbocycles. The van der Waals surface area contributed by atoms with Crippen molar-refractivity contribution >= 4 is 31.9 Å². The normalized spacial score (nSPS) is 12.7. The standard InChI is InChI=1S/C12H11Br2FN2O/c13-11-7(2-1-3-9(11)15)6-10(17-16)8-4-5-18-12(8)14/h1-5,10,17H,6,16H2. The van der Waals surface area contributed by atoms with Crippen LogP contribution < -0.4 is 11.3 Å². The number of hydrogen-bond acceptors (Lipinski definition) is 3. The Labute approximate surface area is 121 Å². The molecule has 6 heteroatoms. The minimum atomic E-state index is -0.283. The molecular formula is C12H11Br2FN2O. The summed E-state index contributed by atoms with van der Waals surface area (Å²) < 4.78 is 19.7. The van der Waals surface area contributed by atoms with E-state index >= 15 is 0 Å². The summed E-state index contributed by atoms with van der Waals surface area (Å²) in [5.74, 6) is 5.26. The van der Waals surface area contributed by atoms with Gasteiger partial charge in [0.25, 0.3) is 0 Å². The summed E-state index contributed by atoms with van der Waals surface area (Å²) in [7, 11) is 0. The van der Waals surface area contributed by atoms with E-state index in [1.165, 1.54) is 6.07 Å². The third-order valence-electron chi connectivity index (χ3n) is 2.68. The summed E-state index contributed by atoms with van der Waals surface area (Å²) >= 11 is 6.55. The zero-order valence-corrected chi connectivity index (χ0v) is 12.5. The average Bonchev–Trinajstić information content (AvgIpc) is 2.77. The topological polar surface area (TPSA) is 51.2 Å². The fourth-order valence-electron chi connectivity index (χ4n) is 1.74. The molecule has 0 aliphatic heterocycles. The van der Waals surface area contributed by atoms with Crippen LogP contribution in [0.3, 0.4) is 0 Å². The first-order valence-electron chi connectivity index (χ1n) is 5.25. The molecular weight excluding hydrogens is 367 g/mol. The van der Waals surface area contributed by atoms with Crippen LogP contribution in [0.2, 0.25) is 0 Å². The van der Waals surface area contributed by atoms with Gasteiger partial charge in [0, 0.05) is 5.56 Å². The van der Waals surface area contributed by atoms with Gasteiger partial charge in [-0.2, -0.15) is 0 Å². The molecule has 0 radical (unpaired) electrons. The van der Waals surface area contributed by atoms with Gasteiger partial charge in [-0.1, -0.05) is 12.1 Å². The molecule has 0 fully saturated rings. The fourth-order valence-corrected chi connectivity index (χ4v) is 2.68. The minimum Gasteiger partial charge on any atom is -0.457 e. The monoisotopic (exact) mass is 376 g/mol. The van der Waals surface area contributed by atoms with Crippen LogP contribution in [0, 0.1) is 5.82 Å². The lowest BCUT2D eigenvalue weighted by atomic mass is 10.0. The summed E-state index contributed by atoms with van der Waals surface area (Å²) in [6.45, 7) is 0. The maximum absolute atomic E-state index is 13.4. The molecule has 0 aliphatic carbocycles. The molecule has 1 aromatic heterocycles. The molecule has 18 heavy (non-hydrogen) atoms. The number of rotatable bonds is 4. The van der Waals surface area contributed by atoms with Crippen molar-refractivity contribution in [3.8, 4) is 0 Å². The van der Waals surface area contributed by atoms with Crippen molar-refractivity contribution in [2.45, 2.75) is 12.5 Å². The lowest BCUT2D eigenvalue weighted by Gasteiger charge is -2.16. The maximum atomic E-state index is 13.4. The van der Waals surface area contributed by atoms with Crippen molar-refractivity contribution in [3.63, 3.8) is 0 Å². The Hall–Kier alpha value is -0.690. The van der Waals surface area contributed by atoms with Gasteiger partial charge < -0.3 is 4.42 Å². The molecule has 2 aromatic rings. The van der Waals surface area contributed by atoms with Gasteiger partial charge >= 0.3 is 0 Å². The number of nitrogens with one attached hydrogen (secondary N) is 1. The zero-order chi connectivity index (χ0) is 13.1. The quantitative estimate of drug-likeness (QED) is 0.631. The predicted molar refractivity (Wildman–Crippen MR) is 74.3 cm³/mol. The Morgan fingerprint density at radius 2 is 2.11 bits per heavy atom. The Kier molecular flexibility index (Phi) is 4.55. The summed E-state index contributed by atoms with van der Waals surface area (Å²) in [4.78, 5) is 0. The molecule has 1 atom stereocenters. The van der Waals surface area contributed by atoms with Crippen LogP contribution in [0.5, 0.6) is 0 Å². The van der Waals surface area contributed by atoms with Gasteiger partial charge in [0.2, 0.25) is 0 Å². The fraction of sp³-hybridized carbons (Fsp3) is 0.167. The Balaban J connectivity index is 2.26. The lowest BCUT2D eigenvalue weighted by Crippen LogP contribution is -2.29. The second-order valence-corrected chi connectivity index (χ2v) is 5.30. The molecule has 0 bridgehead atoms. The van der Waals surface area contributed by atoms with Crippen molar-refractivity contribution in [1.29, 1.82) is 0 Å². The van der Waals surface area contributed by atoms with E-state index in [1.54, 1.807) is 12.3 Å². The van der Waals surface area contributed by atoms with Crippen LogP contribution in [-0.4, -0.2) is 0 Å². The van der Waals surface area contributed by atoms with Crippen LogP contribution in [0.4, 0.5) is 4.39 Å². The first-order chi connectivity index (χ1) is 8.63. The van der Waals surface area contributed by atoms with Gasteiger partial charge in [0.15, 0.2) is 4.67 Å². The molecule has 1 aromatic carbocycles. The largest absolute Gasteiger partial charge is 0.457 e. The molecule has 96 valence electrons. The highest BCUT2D eigenvalue weighted by molar-refractivity contribution is 9.10. The van der Waals surface area contributed by atoms with Crippen molar-refractivity contribution < 1.29 is 8.81 Å². The summed E-state index contributed by atoms with van der Waals surface area (Å²) in [6.07, 6.45) is 2.12. The van der Waals surface area contributed by atoms with Gasteiger partial charge in [-0.05, 0) is 56.0 Å². The first kappa shape index (κ1) is 13.7. The van der Waals surface area contributed by atoms with Crippen LogP contribution >= 0.6 is 31.9 Å². The van der Waals surface area contributed by atoms with E-state index < -0.39 is 0 Å². The molecule has 3 N–H and O–H groups in total. The predicted octanol–water partition coefficient (Wildman–Crippen LogP) is 3.69. The van der Waals surface area contributed by atoms with Crippen molar-refractivity contribution in [1.82, 2.24) is 5.43 Å². The highest BCUT2D eigenvalue weighted by Crippen LogP contribution is 2.29. The summed E-state index contributed by atoms with van der Waals surface area (Å²) in [5.41, 5.74) is 4.44. The molecule has 0 spiro atoms. The number of hydrogen-bond donors (Lipinski definition) is 2. The second kappa shape index (κ2) is 5.97. The van der Waals surface area contributed by atoms with E-state index in [9.17, 15) is 4.39 Å². The number of furan rings is 1. The Morgan fingerprint density at radius 3 is 2.72 bits per heavy atom. The van der Waals surface area contributed by atoms with Crippen LogP contribution in [0.25, 0.3) is 0 Å². The van der Waals surface area contributed by atoms with Gasteiger partial charge in [-0.25, -0.2) is 4.39 Å². The molecule has 1 heterocycles. The number of benzene rings is 1. The van der Waals surface area contributed by atoms with Crippen molar-refractivity contribution in [3.05, 3.63) is 56.6 Å². The van der Waals surface area contributed by atoms with E-state index in [0.29, 0.717) is 15.6 Å². The highest BCUT2D eigenvalue weighted by atomic mass is 79.9. The third kappa shape index (κ3) is 2.83. The molecule has 1 unspecified atom stereocenters. The SMILES string of the molecule is NNC(Cc1cccc(F)c1Br)c1ccoc1Br. The van der Waals surface area contributed by atoms with E-state index in [2.05, 4.69) is 37.3 Å². The molecule has 0 saturated heterocycles. The third-order valence-corrected chi connectivity index (χ3v) is 4.21. The maximum Gasteiger partial charge on any atom is 0.173 e. The van der Waals surface area contributed by atoms with Crippen LogP contribution in [0.1, 0.15) is 17.2 Å². The Bertz CT molecular complexity index is 545. The van der Waals surface area contributed by atoms with Gasteiger partial charge in [0.05, 0.1) is 16.8 Å². The van der Waals surface area contributed by atoms with Crippen LogP contribution in [0.15, 0.2) is 44.1 Å². The Morgan fingerprint density at radius 1 is 1.33 bits per heavy atom. The van der Waals surface area contributed by atoms with Crippen molar-refractivity contribution in [2.24, 2.45) is 5.84 Å². The van der Waals surface area contributed by atoms with Gasteiger partial charge in [-0.15, -0.1) is 0 Å². The second-order valence-electron chi connectivity index (χ2n) is 3.79. The van der Waals surface area contributed by atoms with E-state index in [0.717, 1.165) is 11.1 Å². The number of halogens is 3. The summed E-state index contributed by atoms with van der Waals surface area (Å²) in [5, 5.41) is 0. The first-order valence-corrected chi connectivity index (χ1v) is 6.84. The molecule has 0 aliphatic rings. The van der Waals surface area contributed by atoms with Gasteiger partial charge in [0.1, 0.15) is 5.82 Å². The molecule has 0 amide bonds. The smallest absolute Gasteiger partial charge is 0.173 e. The highest BCUT2D eigenvalue weighted by Gasteiger charge is 2.18. The molecule has 3 nitrogen and oxygen atoms in total. The number of nitrogens with two attached hydrogens (primary N) is 1.